The standard InChI is InChI=1S/C43H90N.BrH/c1-7-10-13-16-19-24-29-34-39-44(40-35-30-25-20-17-14-11-8-2,41-36-31-26-21-18-15-12-9-3)42-37-32-27-22-23-28-33-38-43(4,5)6;/h7-42H2,1-6H3;1H/q+1;/p-1. The topological polar surface area (TPSA) is 0 Å². The molecular weight excluding hydrogens is 610 g/mol. The Morgan fingerprint density at radius 3 is 0.711 bits per heavy atom. The monoisotopic (exact) mass is 700 g/mol. The Labute approximate surface area is 299 Å². The maximum absolute atomic E-state index is 2.40. The first-order valence-electron chi connectivity index (χ1n) is 21.2. The molecule has 0 saturated heterocycles. The van der Waals surface area contributed by atoms with Gasteiger partial charge in [0.1, 0.15) is 0 Å². The summed E-state index contributed by atoms with van der Waals surface area (Å²) in [6, 6.07) is 0. The normalized spacial score (nSPS) is 12.1. The van der Waals surface area contributed by atoms with Crippen LogP contribution in [0.2, 0.25) is 0 Å². The van der Waals surface area contributed by atoms with Crippen LogP contribution < -0.4 is 17.0 Å². The van der Waals surface area contributed by atoms with Gasteiger partial charge in [0.2, 0.25) is 0 Å². The van der Waals surface area contributed by atoms with Gasteiger partial charge in [0.25, 0.3) is 0 Å². The average molecular weight is 701 g/mol. The molecule has 0 fully saturated rings. The van der Waals surface area contributed by atoms with Crippen LogP contribution in [0.4, 0.5) is 0 Å². The van der Waals surface area contributed by atoms with Crippen LogP contribution in [0.15, 0.2) is 0 Å². The predicted molar refractivity (Wildman–Crippen MR) is 204 cm³/mol. The highest BCUT2D eigenvalue weighted by molar-refractivity contribution is 4.61. The Morgan fingerprint density at radius 2 is 0.489 bits per heavy atom. The first-order chi connectivity index (χ1) is 21.4. The molecule has 0 aliphatic carbocycles. The van der Waals surface area contributed by atoms with Crippen LogP contribution in [0.25, 0.3) is 0 Å². The third kappa shape index (κ3) is 35.6. The van der Waals surface area contributed by atoms with Gasteiger partial charge >= 0.3 is 0 Å². The van der Waals surface area contributed by atoms with Crippen LogP contribution in [0.3, 0.4) is 0 Å². The van der Waals surface area contributed by atoms with Crippen LogP contribution in [0.1, 0.15) is 247 Å². The highest BCUT2D eigenvalue weighted by atomic mass is 79.9. The fourth-order valence-electron chi connectivity index (χ4n) is 7.40. The molecule has 0 amide bonds. The molecular formula is C43H90BrN. The highest BCUT2D eigenvalue weighted by Gasteiger charge is 2.25. The van der Waals surface area contributed by atoms with Crippen molar-refractivity contribution in [1.29, 1.82) is 0 Å². The second-order valence-corrected chi connectivity index (χ2v) is 16.4. The summed E-state index contributed by atoms with van der Waals surface area (Å²) in [5.74, 6) is 0. The van der Waals surface area contributed by atoms with E-state index in [1.807, 2.05) is 0 Å². The molecule has 0 heterocycles. The van der Waals surface area contributed by atoms with E-state index in [4.69, 9.17) is 0 Å². The zero-order valence-corrected chi connectivity index (χ0v) is 34.4. The number of hydrogen-bond acceptors (Lipinski definition) is 0. The van der Waals surface area contributed by atoms with E-state index >= 15 is 0 Å². The lowest BCUT2D eigenvalue weighted by Gasteiger charge is -2.40. The Morgan fingerprint density at radius 1 is 0.289 bits per heavy atom. The quantitative estimate of drug-likeness (QED) is 0.0451. The minimum Gasteiger partial charge on any atom is -1.00 e. The van der Waals surface area contributed by atoms with E-state index in [0.717, 1.165) is 0 Å². The van der Waals surface area contributed by atoms with Crippen molar-refractivity contribution in [3.8, 4) is 0 Å². The lowest BCUT2D eigenvalue weighted by Crippen LogP contribution is -3.00. The molecule has 0 bridgehead atoms. The van der Waals surface area contributed by atoms with Crippen LogP contribution in [0, 0.1) is 5.41 Å². The molecule has 0 aromatic carbocycles. The first kappa shape index (κ1) is 47.6. The molecule has 0 radical (unpaired) electrons. The zero-order valence-electron chi connectivity index (χ0n) is 32.8. The van der Waals surface area contributed by atoms with E-state index in [9.17, 15) is 0 Å². The van der Waals surface area contributed by atoms with Gasteiger partial charge in [-0.05, 0) is 63.2 Å². The molecule has 1 nitrogen and oxygen atoms in total. The molecule has 0 aromatic heterocycles. The van der Waals surface area contributed by atoms with Crippen LogP contribution in [-0.4, -0.2) is 30.7 Å². The SMILES string of the molecule is CCCCCCCCCC[N+](CCCCCCCCCC)(CCCCCCCCCC)CCCCCCCCCC(C)(C)C.[Br-]. The summed E-state index contributed by atoms with van der Waals surface area (Å²) in [4.78, 5) is 0. The number of hydrogen-bond donors (Lipinski definition) is 0. The minimum absolute atomic E-state index is 0. The van der Waals surface area contributed by atoms with Gasteiger partial charge in [0.05, 0.1) is 26.2 Å². The second-order valence-electron chi connectivity index (χ2n) is 16.4. The van der Waals surface area contributed by atoms with Gasteiger partial charge in [-0.1, -0.05) is 189 Å². The van der Waals surface area contributed by atoms with E-state index in [0.29, 0.717) is 5.41 Å². The lowest BCUT2D eigenvalue weighted by molar-refractivity contribution is -0.929. The van der Waals surface area contributed by atoms with Crippen LogP contribution in [0.5, 0.6) is 0 Å². The van der Waals surface area contributed by atoms with Gasteiger partial charge in [-0.15, -0.1) is 0 Å². The average Bonchev–Trinajstić information content (AvgIpc) is 2.99. The summed E-state index contributed by atoms with van der Waals surface area (Å²) in [7, 11) is 0. The molecule has 0 saturated carbocycles. The highest BCUT2D eigenvalue weighted by Crippen LogP contribution is 2.24. The second kappa shape index (κ2) is 35.7. The Kier molecular flexibility index (Phi) is 37.8. The molecule has 0 aliphatic rings. The van der Waals surface area contributed by atoms with Gasteiger partial charge < -0.3 is 21.5 Å². The molecule has 274 valence electrons. The molecule has 0 spiro atoms. The molecule has 0 aromatic rings. The lowest BCUT2D eigenvalue weighted by atomic mass is 9.89. The summed E-state index contributed by atoms with van der Waals surface area (Å²) in [5.41, 5.74) is 0.514. The van der Waals surface area contributed by atoms with Crippen molar-refractivity contribution < 1.29 is 21.5 Å². The third-order valence-corrected chi connectivity index (χ3v) is 10.5. The van der Waals surface area contributed by atoms with Gasteiger partial charge in [0.15, 0.2) is 0 Å². The van der Waals surface area contributed by atoms with Crippen molar-refractivity contribution in [1.82, 2.24) is 0 Å². The van der Waals surface area contributed by atoms with Gasteiger partial charge in [-0.2, -0.15) is 0 Å². The summed E-state index contributed by atoms with van der Waals surface area (Å²) >= 11 is 0. The molecule has 0 aliphatic heterocycles. The first-order valence-corrected chi connectivity index (χ1v) is 21.2. The van der Waals surface area contributed by atoms with E-state index in [1.165, 1.54) is 236 Å². The maximum atomic E-state index is 2.40. The molecule has 0 rings (SSSR count). The number of unbranched alkanes of at least 4 members (excludes halogenated alkanes) is 27. The number of nitrogens with zero attached hydrogens (tertiary/aromatic N) is 1. The van der Waals surface area contributed by atoms with Crippen molar-refractivity contribution in [2.75, 3.05) is 26.2 Å². The maximum Gasteiger partial charge on any atom is 0.0786 e. The molecule has 2 heteroatoms. The molecule has 0 unspecified atom stereocenters. The van der Waals surface area contributed by atoms with Crippen molar-refractivity contribution in [2.24, 2.45) is 5.41 Å². The molecule has 45 heavy (non-hydrogen) atoms. The van der Waals surface area contributed by atoms with Crippen LogP contribution >= 0.6 is 0 Å². The fourth-order valence-corrected chi connectivity index (χ4v) is 7.40. The number of quaternary nitrogens is 1. The predicted octanol–water partition coefficient (Wildman–Crippen LogP) is 12.4. The molecule has 0 atom stereocenters. The Balaban J connectivity index is 0. The Hall–Kier alpha value is 0.440. The van der Waals surface area contributed by atoms with E-state index in [-0.39, 0.29) is 17.0 Å². The van der Waals surface area contributed by atoms with E-state index < -0.39 is 0 Å². The third-order valence-electron chi connectivity index (χ3n) is 10.5. The van der Waals surface area contributed by atoms with Crippen molar-refractivity contribution in [3.63, 3.8) is 0 Å². The number of rotatable bonds is 36. The van der Waals surface area contributed by atoms with Crippen molar-refractivity contribution in [3.05, 3.63) is 0 Å². The van der Waals surface area contributed by atoms with Gasteiger partial charge in [0, 0.05) is 0 Å². The summed E-state index contributed by atoms with van der Waals surface area (Å²) < 4.78 is 1.48. The van der Waals surface area contributed by atoms with E-state index in [1.54, 1.807) is 0 Å². The summed E-state index contributed by atoms with van der Waals surface area (Å²) in [6.45, 7) is 20.1. The van der Waals surface area contributed by atoms with Gasteiger partial charge in [-0.25, -0.2) is 0 Å². The summed E-state index contributed by atoms with van der Waals surface area (Å²) in [6.07, 6.45) is 46.6. The van der Waals surface area contributed by atoms with Crippen LogP contribution in [-0.2, 0) is 0 Å². The fraction of sp³-hybridized carbons (Fsp3) is 1.00. The van der Waals surface area contributed by atoms with Crippen molar-refractivity contribution >= 4 is 0 Å². The minimum atomic E-state index is 0. The Bertz CT molecular complexity index is 488. The zero-order chi connectivity index (χ0) is 32.5. The summed E-state index contributed by atoms with van der Waals surface area (Å²) in [5, 5.41) is 0. The van der Waals surface area contributed by atoms with E-state index in [2.05, 4.69) is 41.5 Å². The van der Waals surface area contributed by atoms with Crippen molar-refractivity contribution in [2.45, 2.75) is 247 Å². The largest absolute Gasteiger partial charge is 1.00 e. The number of halogens is 1. The smallest absolute Gasteiger partial charge is 0.0786 e. The van der Waals surface area contributed by atoms with Gasteiger partial charge in [-0.3, -0.25) is 0 Å². The molecule has 0 N–H and O–H groups in total.